The van der Waals surface area contributed by atoms with E-state index in [1.807, 2.05) is 33.0 Å². The smallest absolute Gasteiger partial charge is 0.374 e. The molecule has 0 bridgehead atoms. The van der Waals surface area contributed by atoms with Gasteiger partial charge in [0.15, 0.2) is 5.69 Å². The van der Waals surface area contributed by atoms with Crippen LogP contribution in [0.2, 0.25) is 0 Å². The lowest BCUT2D eigenvalue weighted by Crippen LogP contribution is -2.24. The number of benzene rings is 1. The average Bonchev–Trinajstić information content (AvgIpc) is 2.91. The maximum absolute atomic E-state index is 13.1. The zero-order valence-corrected chi connectivity index (χ0v) is 13.9. The van der Waals surface area contributed by atoms with Gasteiger partial charge < -0.3 is 4.90 Å². The molecule has 0 atom stereocenters. The lowest BCUT2D eigenvalue weighted by molar-refractivity contribution is -0.140. The second-order valence-corrected chi connectivity index (χ2v) is 5.43. The molecule has 0 N–H and O–H groups in total. The third-order valence-electron chi connectivity index (χ3n) is 3.84. The highest BCUT2D eigenvalue weighted by Crippen LogP contribution is 2.38. The molecule has 0 saturated carbocycles. The third-order valence-corrected chi connectivity index (χ3v) is 3.84. The van der Waals surface area contributed by atoms with Crippen LogP contribution < -0.4 is 4.90 Å². The number of alkyl halides is 3. The summed E-state index contributed by atoms with van der Waals surface area (Å²) >= 11 is 0. The van der Waals surface area contributed by atoms with Crippen LogP contribution in [0.1, 0.15) is 31.5 Å². The molecule has 0 spiro atoms. The van der Waals surface area contributed by atoms with Crippen LogP contribution in [0.3, 0.4) is 0 Å². The van der Waals surface area contributed by atoms with Gasteiger partial charge in [0.1, 0.15) is 0 Å². The summed E-state index contributed by atoms with van der Waals surface area (Å²) in [7, 11) is 3.51. The van der Waals surface area contributed by atoms with Gasteiger partial charge in [-0.05, 0) is 36.1 Å². The largest absolute Gasteiger partial charge is 0.435 e. The first-order valence-electron chi connectivity index (χ1n) is 7.81. The van der Waals surface area contributed by atoms with Crippen LogP contribution in [0.25, 0.3) is 11.1 Å². The van der Waals surface area contributed by atoms with E-state index in [2.05, 4.69) is 10.00 Å². The molecular formula is C17H22F3N3. The first-order chi connectivity index (χ1) is 10.9. The molecule has 3 nitrogen and oxygen atoms in total. The van der Waals surface area contributed by atoms with E-state index in [0.717, 1.165) is 30.6 Å². The van der Waals surface area contributed by atoms with Crippen LogP contribution >= 0.6 is 0 Å². The van der Waals surface area contributed by atoms with Crippen molar-refractivity contribution in [3.8, 4) is 11.1 Å². The van der Waals surface area contributed by atoms with Gasteiger partial charge in [-0.15, -0.1) is 0 Å². The lowest BCUT2D eigenvalue weighted by atomic mass is 9.96. The molecule has 126 valence electrons. The predicted octanol–water partition coefficient (Wildman–Crippen LogP) is 4.51. The Morgan fingerprint density at radius 3 is 2.48 bits per heavy atom. The minimum absolute atomic E-state index is 0.140. The molecule has 1 aromatic heterocycles. The van der Waals surface area contributed by atoms with Crippen LogP contribution in [0.4, 0.5) is 18.9 Å². The molecule has 0 unspecified atom stereocenters. The molecule has 0 saturated heterocycles. The Hall–Kier alpha value is -1.98. The van der Waals surface area contributed by atoms with Gasteiger partial charge in [-0.3, -0.25) is 4.68 Å². The van der Waals surface area contributed by atoms with Crippen molar-refractivity contribution in [1.82, 2.24) is 9.78 Å². The molecule has 0 aliphatic carbocycles. The number of halogens is 3. The topological polar surface area (TPSA) is 21.1 Å². The normalized spacial score (nSPS) is 14.1. The molecular weight excluding hydrogens is 303 g/mol. The first kappa shape index (κ1) is 17.4. The van der Waals surface area contributed by atoms with Crippen molar-refractivity contribution < 1.29 is 13.2 Å². The van der Waals surface area contributed by atoms with E-state index >= 15 is 0 Å². The van der Waals surface area contributed by atoms with E-state index in [9.17, 15) is 13.2 Å². The van der Waals surface area contributed by atoms with Gasteiger partial charge in [-0.2, -0.15) is 18.3 Å². The van der Waals surface area contributed by atoms with E-state index < -0.39 is 11.9 Å². The van der Waals surface area contributed by atoms with Crippen molar-refractivity contribution >= 4 is 5.69 Å². The summed E-state index contributed by atoms with van der Waals surface area (Å²) in [5.41, 5.74) is 2.08. The first-order valence-corrected chi connectivity index (χ1v) is 7.81. The molecule has 6 heteroatoms. The van der Waals surface area contributed by atoms with Crippen molar-refractivity contribution in [1.29, 1.82) is 0 Å². The Balaban J connectivity index is 0.000000924. The Bertz CT molecular complexity index is 674. The van der Waals surface area contributed by atoms with E-state index in [0.29, 0.717) is 5.56 Å². The summed E-state index contributed by atoms with van der Waals surface area (Å²) in [5.74, 6) is 0. The van der Waals surface area contributed by atoms with E-state index in [1.165, 1.54) is 17.9 Å². The van der Waals surface area contributed by atoms with Crippen LogP contribution in [-0.2, 0) is 19.6 Å². The molecule has 2 aromatic rings. The van der Waals surface area contributed by atoms with Crippen LogP contribution in [-0.4, -0.2) is 23.4 Å². The second-order valence-electron chi connectivity index (χ2n) is 5.43. The number of aryl methyl sites for hydroxylation is 2. The summed E-state index contributed by atoms with van der Waals surface area (Å²) in [6, 6.07) is 5.50. The van der Waals surface area contributed by atoms with Gasteiger partial charge >= 0.3 is 6.18 Å². The van der Waals surface area contributed by atoms with Gasteiger partial charge in [-0.25, -0.2) is 0 Å². The standard InChI is InChI=1S/C15H16F3N3.C2H6/c1-20-7-3-4-11-8-10(5-6-13(11)20)12-9-21(2)19-14(12)15(16,17)18;1-2/h5-6,8-9H,3-4,7H2,1-2H3;1-2H3. The molecule has 0 radical (unpaired) electrons. The number of rotatable bonds is 1. The molecule has 1 aromatic carbocycles. The van der Waals surface area contributed by atoms with Crippen molar-refractivity contribution in [2.24, 2.45) is 7.05 Å². The maximum Gasteiger partial charge on any atom is 0.435 e. The second kappa shape index (κ2) is 6.64. The Kier molecular flexibility index (Phi) is 5.02. The molecule has 0 amide bonds. The fourth-order valence-corrected chi connectivity index (χ4v) is 2.86. The summed E-state index contributed by atoms with van der Waals surface area (Å²) in [5, 5.41) is 3.57. The van der Waals surface area contributed by atoms with Gasteiger partial charge in [0.2, 0.25) is 0 Å². The van der Waals surface area contributed by atoms with Crippen LogP contribution in [0.5, 0.6) is 0 Å². The molecule has 3 rings (SSSR count). The van der Waals surface area contributed by atoms with E-state index in [-0.39, 0.29) is 5.56 Å². The fraction of sp³-hybridized carbons (Fsp3) is 0.471. The highest BCUT2D eigenvalue weighted by atomic mass is 19.4. The molecule has 1 aliphatic heterocycles. The van der Waals surface area contributed by atoms with Gasteiger partial charge in [0.05, 0.1) is 0 Å². The summed E-state index contributed by atoms with van der Waals surface area (Å²) < 4.78 is 40.4. The SMILES string of the molecule is CC.CN1CCCc2cc(-c3cn(C)nc3C(F)(F)F)ccc21. The maximum atomic E-state index is 13.1. The molecule has 23 heavy (non-hydrogen) atoms. The average molecular weight is 325 g/mol. The number of aromatic nitrogens is 2. The quantitative estimate of drug-likeness (QED) is 0.769. The van der Waals surface area contributed by atoms with E-state index in [1.54, 1.807) is 6.07 Å². The Labute approximate surface area is 134 Å². The minimum atomic E-state index is -4.44. The van der Waals surface area contributed by atoms with Crippen molar-refractivity contribution in [2.45, 2.75) is 32.9 Å². The molecule has 2 heterocycles. The number of anilines is 1. The highest BCUT2D eigenvalue weighted by molar-refractivity contribution is 5.71. The Morgan fingerprint density at radius 2 is 1.83 bits per heavy atom. The summed E-state index contributed by atoms with van der Waals surface area (Å²) in [6.45, 7) is 4.98. The zero-order chi connectivity index (χ0) is 17.2. The number of hydrogen-bond donors (Lipinski definition) is 0. The highest BCUT2D eigenvalue weighted by Gasteiger charge is 2.37. The number of hydrogen-bond acceptors (Lipinski definition) is 2. The Morgan fingerprint density at radius 1 is 1.13 bits per heavy atom. The predicted molar refractivity (Wildman–Crippen MR) is 86.6 cm³/mol. The lowest BCUT2D eigenvalue weighted by Gasteiger charge is -2.27. The molecule has 1 aliphatic rings. The summed E-state index contributed by atoms with van der Waals surface area (Å²) in [4.78, 5) is 2.14. The van der Waals surface area contributed by atoms with E-state index in [4.69, 9.17) is 0 Å². The van der Waals surface area contributed by atoms with Crippen LogP contribution in [0.15, 0.2) is 24.4 Å². The summed E-state index contributed by atoms with van der Waals surface area (Å²) in [6.07, 6.45) is -1.10. The van der Waals surface area contributed by atoms with Gasteiger partial charge in [-0.1, -0.05) is 19.9 Å². The van der Waals surface area contributed by atoms with Gasteiger partial charge in [0.25, 0.3) is 0 Å². The number of fused-ring (bicyclic) bond motifs is 1. The van der Waals surface area contributed by atoms with Crippen molar-refractivity contribution in [2.75, 3.05) is 18.5 Å². The van der Waals surface area contributed by atoms with Crippen molar-refractivity contribution in [3.05, 3.63) is 35.7 Å². The van der Waals surface area contributed by atoms with Crippen molar-refractivity contribution in [3.63, 3.8) is 0 Å². The van der Waals surface area contributed by atoms with Gasteiger partial charge in [0, 0.05) is 38.1 Å². The molecule has 0 fully saturated rings. The minimum Gasteiger partial charge on any atom is -0.374 e. The fourth-order valence-electron chi connectivity index (χ4n) is 2.86. The number of nitrogens with zero attached hydrogens (tertiary/aromatic N) is 3. The monoisotopic (exact) mass is 325 g/mol. The van der Waals surface area contributed by atoms with Crippen LogP contribution in [0, 0.1) is 0 Å². The third kappa shape index (κ3) is 3.51. The zero-order valence-electron chi connectivity index (χ0n) is 13.9.